The summed E-state index contributed by atoms with van der Waals surface area (Å²) >= 11 is 0. The third-order valence-corrected chi connectivity index (χ3v) is 2.12. The van der Waals surface area contributed by atoms with Crippen molar-refractivity contribution in [2.24, 2.45) is 5.73 Å². The SMILES string of the molecule is NCc1cn(CC(=O)N2CCCO2)nn1. The highest BCUT2D eigenvalue weighted by Gasteiger charge is 2.19. The molecule has 2 rings (SSSR count). The fourth-order valence-corrected chi connectivity index (χ4v) is 1.37. The third-order valence-electron chi connectivity index (χ3n) is 2.12. The monoisotopic (exact) mass is 211 g/mol. The van der Waals surface area contributed by atoms with Crippen molar-refractivity contribution in [1.82, 2.24) is 20.1 Å². The van der Waals surface area contributed by atoms with Crippen LogP contribution in [-0.4, -0.2) is 39.1 Å². The lowest BCUT2D eigenvalue weighted by molar-refractivity contribution is -0.169. The Labute approximate surface area is 86.7 Å². The van der Waals surface area contributed by atoms with Crippen LogP contribution in [0.15, 0.2) is 6.20 Å². The van der Waals surface area contributed by atoms with Crippen LogP contribution >= 0.6 is 0 Å². The van der Waals surface area contributed by atoms with Gasteiger partial charge in [-0.1, -0.05) is 5.21 Å². The molecule has 1 amide bonds. The van der Waals surface area contributed by atoms with Gasteiger partial charge in [-0.05, 0) is 6.42 Å². The van der Waals surface area contributed by atoms with Crippen molar-refractivity contribution >= 4 is 5.91 Å². The summed E-state index contributed by atoms with van der Waals surface area (Å²) in [6.07, 6.45) is 2.55. The van der Waals surface area contributed by atoms with E-state index in [9.17, 15) is 4.79 Å². The van der Waals surface area contributed by atoms with Gasteiger partial charge in [-0.2, -0.15) is 0 Å². The zero-order valence-electron chi connectivity index (χ0n) is 8.30. The molecule has 0 radical (unpaired) electrons. The number of rotatable bonds is 3. The summed E-state index contributed by atoms with van der Waals surface area (Å²) in [6, 6.07) is 0. The first kappa shape index (κ1) is 10.1. The van der Waals surface area contributed by atoms with Crippen molar-refractivity contribution in [3.05, 3.63) is 11.9 Å². The minimum Gasteiger partial charge on any atom is -0.325 e. The second-order valence-corrected chi connectivity index (χ2v) is 3.29. The van der Waals surface area contributed by atoms with Crippen LogP contribution in [0, 0.1) is 0 Å². The molecule has 0 unspecified atom stereocenters. The van der Waals surface area contributed by atoms with Gasteiger partial charge in [0.05, 0.1) is 25.0 Å². The standard InChI is InChI=1S/C8H13N5O2/c9-4-7-5-12(11-10-7)6-8(14)13-2-1-3-15-13/h5H,1-4,6,9H2. The maximum absolute atomic E-state index is 11.6. The van der Waals surface area contributed by atoms with E-state index in [0.29, 0.717) is 25.4 Å². The topological polar surface area (TPSA) is 86.3 Å². The Bertz CT molecular complexity index is 345. The quantitative estimate of drug-likeness (QED) is 0.686. The molecule has 1 saturated heterocycles. The van der Waals surface area contributed by atoms with Gasteiger partial charge in [-0.3, -0.25) is 9.63 Å². The Balaban J connectivity index is 1.92. The molecular weight excluding hydrogens is 198 g/mol. The Kier molecular flexibility index (Phi) is 2.93. The highest BCUT2D eigenvalue weighted by molar-refractivity contribution is 5.74. The number of nitrogens with zero attached hydrogens (tertiary/aromatic N) is 4. The highest BCUT2D eigenvalue weighted by Crippen LogP contribution is 2.05. The Morgan fingerprint density at radius 1 is 1.67 bits per heavy atom. The van der Waals surface area contributed by atoms with Crippen molar-refractivity contribution in [3.63, 3.8) is 0 Å². The third kappa shape index (κ3) is 2.31. The van der Waals surface area contributed by atoms with E-state index in [2.05, 4.69) is 10.3 Å². The number of nitrogens with two attached hydrogens (primary N) is 1. The molecule has 2 N–H and O–H groups in total. The van der Waals surface area contributed by atoms with E-state index in [1.807, 2.05) is 0 Å². The van der Waals surface area contributed by atoms with E-state index in [0.717, 1.165) is 6.42 Å². The van der Waals surface area contributed by atoms with Crippen molar-refractivity contribution in [1.29, 1.82) is 0 Å². The van der Waals surface area contributed by atoms with E-state index in [-0.39, 0.29) is 12.5 Å². The summed E-state index contributed by atoms with van der Waals surface area (Å²) in [5.74, 6) is -0.110. The van der Waals surface area contributed by atoms with E-state index >= 15 is 0 Å². The van der Waals surface area contributed by atoms with Crippen LogP contribution in [0.5, 0.6) is 0 Å². The van der Waals surface area contributed by atoms with Gasteiger partial charge in [0.1, 0.15) is 6.54 Å². The average Bonchev–Trinajstić information content (AvgIpc) is 2.87. The van der Waals surface area contributed by atoms with Crippen LogP contribution in [0.1, 0.15) is 12.1 Å². The van der Waals surface area contributed by atoms with Gasteiger partial charge in [0, 0.05) is 6.54 Å². The fourth-order valence-electron chi connectivity index (χ4n) is 1.37. The van der Waals surface area contributed by atoms with Crippen molar-refractivity contribution in [2.45, 2.75) is 19.5 Å². The fraction of sp³-hybridized carbons (Fsp3) is 0.625. The van der Waals surface area contributed by atoms with Crippen molar-refractivity contribution in [3.8, 4) is 0 Å². The van der Waals surface area contributed by atoms with Crippen LogP contribution in [0.2, 0.25) is 0 Å². The molecule has 1 aromatic heterocycles. The minimum absolute atomic E-state index is 0.110. The molecule has 0 saturated carbocycles. The molecule has 0 bridgehead atoms. The maximum Gasteiger partial charge on any atom is 0.267 e. The van der Waals surface area contributed by atoms with E-state index < -0.39 is 0 Å². The summed E-state index contributed by atoms with van der Waals surface area (Å²) in [5, 5.41) is 8.94. The molecule has 1 fully saturated rings. The van der Waals surface area contributed by atoms with Crippen LogP contribution in [0.3, 0.4) is 0 Å². The average molecular weight is 211 g/mol. The molecule has 7 nitrogen and oxygen atoms in total. The van der Waals surface area contributed by atoms with E-state index in [1.54, 1.807) is 6.20 Å². The molecule has 7 heteroatoms. The van der Waals surface area contributed by atoms with Gasteiger partial charge >= 0.3 is 0 Å². The zero-order chi connectivity index (χ0) is 10.7. The Morgan fingerprint density at radius 2 is 2.53 bits per heavy atom. The number of carbonyl (C=O) groups excluding carboxylic acids is 1. The van der Waals surface area contributed by atoms with Gasteiger partial charge in [0.25, 0.3) is 5.91 Å². The number of amides is 1. The molecular formula is C8H13N5O2. The number of hydroxylamine groups is 2. The summed E-state index contributed by atoms with van der Waals surface area (Å²) < 4.78 is 1.46. The summed E-state index contributed by atoms with van der Waals surface area (Å²) in [4.78, 5) is 16.7. The molecule has 15 heavy (non-hydrogen) atoms. The summed E-state index contributed by atoms with van der Waals surface area (Å²) in [5.41, 5.74) is 6.05. The molecule has 82 valence electrons. The second-order valence-electron chi connectivity index (χ2n) is 3.29. The lowest BCUT2D eigenvalue weighted by Crippen LogP contribution is -2.30. The number of hydrogen-bond donors (Lipinski definition) is 1. The molecule has 0 aliphatic carbocycles. The Hall–Kier alpha value is -1.47. The summed E-state index contributed by atoms with van der Waals surface area (Å²) in [6.45, 7) is 1.73. The minimum atomic E-state index is -0.110. The molecule has 0 aromatic carbocycles. The zero-order valence-corrected chi connectivity index (χ0v) is 8.30. The van der Waals surface area contributed by atoms with Gasteiger partial charge in [-0.15, -0.1) is 5.10 Å². The second kappa shape index (κ2) is 4.37. The lowest BCUT2D eigenvalue weighted by Gasteiger charge is -2.12. The van der Waals surface area contributed by atoms with Gasteiger partial charge in [0.2, 0.25) is 0 Å². The predicted molar refractivity (Wildman–Crippen MR) is 50.2 cm³/mol. The molecule has 0 spiro atoms. The van der Waals surface area contributed by atoms with Gasteiger partial charge in [0.15, 0.2) is 0 Å². The van der Waals surface area contributed by atoms with Crippen LogP contribution in [0.25, 0.3) is 0 Å². The van der Waals surface area contributed by atoms with E-state index in [4.69, 9.17) is 10.6 Å². The predicted octanol–water partition coefficient (Wildman–Crippen LogP) is -1.10. The maximum atomic E-state index is 11.6. The largest absolute Gasteiger partial charge is 0.325 e. The molecule has 1 aromatic rings. The summed E-state index contributed by atoms with van der Waals surface area (Å²) in [7, 11) is 0. The van der Waals surface area contributed by atoms with Crippen LogP contribution in [-0.2, 0) is 22.7 Å². The first-order valence-electron chi connectivity index (χ1n) is 4.82. The van der Waals surface area contributed by atoms with Crippen LogP contribution in [0.4, 0.5) is 0 Å². The van der Waals surface area contributed by atoms with E-state index in [1.165, 1.54) is 9.75 Å². The highest BCUT2D eigenvalue weighted by atomic mass is 16.7. The Morgan fingerprint density at radius 3 is 3.13 bits per heavy atom. The number of hydrogen-bond acceptors (Lipinski definition) is 5. The number of carbonyl (C=O) groups is 1. The van der Waals surface area contributed by atoms with Gasteiger partial charge in [-0.25, -0.2) is 9.75 Å². The first-order chi connectivity index (χ1) is 7.29. The first-order valence-corrected chi connectivity index (χ1v) is 4.82. The molecule has 2 heterocycles. The lowest BCUT2D eigenvalue weighted by atomic mass is 10.4. The normalized spacial score (nSPS) is 15.9. The molecule has 1 aliphatic heterocycles. The smallest absolute Gasteiger partial charge is 0.267 e. The molecule has 0 atom stereocenters. The van der Waals surface area contributed by atoms with Crippen LogP contribution < -0.4 is 5.73 Å². The number of aromatic nitrogens is 3. The van der Waals surface area contributed by atoms with Crippen molar-refractivity contribution in [2.75, 3.05) is 13.2 Å². The van der Waals surface area contributed by atoms with Crippen molar-refractivity contribution < 1.29 is 9.63 Å². The van der Waals surface area contributed by atoms with Gasteiger partial charge < -0.3 is 5.73 Å². The molecule has 1 aliphatic rings.